The smallest absolute Gasteiger partial charge is 0.259 e. The van der Waals surface area contributed by atoms with E-state index in [4.69, 9.17) is 4.42 Å². The third kappa shape index (κ3) is 3.39. The molecule has 0 spiro atoms. The van der Waals surface area contributed by atoms with Gasteiger partial charge < -0.3 is 9.32 Å². The van der Waals surface area contributed by atoms with Crippen molar-refractivity contribution in [3.63, 3.8) is 0 Å². The Morgan fingerprint density at radius 3 is 2.92 bits per heavy atom. The molecule has 1 aromatic carbocycles. The molecule has 3 aromatic rings. The Morgan fingerprint density at radius 1 is 1.31 bits per heavy atom. The second-order valence-electron chi connectivity index (χ2n) is 6.44. The molecular formula is C19H20N4O2S. The summed E-state index contributed by atoms with van der Waals surface area (Å²) in [4.78, 5) is 19.7. The van der Waals surface area contributed by atoms with Gasteiger partial charge in [0, 0.05) is 13.0 Å². The Hall–Kier alpha value is -2.54. The predicted molar refractivity (Wildman–Crippen MR) is 98.6 cm³/mol. The van der Waals surface area contributed by atoms with Gasteiger partial charge in [-0.1, -0.05) is 30.3 Å². The van der Waals surface area contributed by atoms with Gasteiger partial charge in [-0.15, -0.1) is 21.5 Å². The molecule has 1 fully saturated rings. The molecule has 1 amide bonds. The van der Waals surface area contributed by atoms with Crippen LogP contribution in [0.2, 0.25) is 0 Å². The van der Waals surface area contributed by atoms with Crippen molar-refractivity contribution in [2.75, 3.05) is 6.54 Å². The first-order valence-corrected chi connectivity index (χ1v) is 9.67. The number of hydrogen-bond donors (Lipinski definition) is 0. The second-order valence-corrected chi connectivity index (χ2v) is 7.30. The number of carbonyl (C=O) groups excluding carboxylic acids is 1. The first-order valence-electron chi connectivity index (χ1n) is 8.79. The summed E-state index contributed by atoms with van der Waals surface area (Å²) in [5.74, 6) is 1.16. The van der Waals surface area contributed by atoms with Crippen LogP contribution in [0.3, 0.4) is 0 Å². The quantitative estimate of drug-likeness (QED) is 0.685. The van der Waals surface area contributed by atoms with Crippen LogP contribution in [0, 0.1) is 6.92 Å². The molecule has 7 heteroatoms. The molecule has 134 valence electrons. The lowest BCUT2D eigenvalue weighted by molar-refractivity contribution is -0.132. The van der Waals surface area contributed by atoms with Crippen LogP contribution in [0.4, 0.5) is 0 Å². The Morgan fingerprint density at radius 2 is 2.15 bits per heavy atom. The van der Waals surface area contributed by atoms with Crippen LogP contribution in [-0.2, 0) is 11.2 Å². The minimum absolute atomic E-state index is 0.118. The van der Waals surface area contributed by atoms with Gasteiger partial charge in [-0.2, -0.15) is 0 Å². The number of hydrogen-bond acceptors (Lipinski definition) is 6. The van der Waals surface area contributed by atoms with E-state index < -0.39 is 0 Å². The molecule has 26 heavy (non-hydrogen) atoms. The van der Waals surface area contributed by atoms with E-state index in [9.17, 15) is 4.79 Å². The van der Waals surface area contributed by atoms with E-state index in [0.29, 0.717) is 18.2 Å². The summed E-state index contributed by atoms with van der Waals surface area (Å²) >= 11 is 1.48. The standard InChI is InChI=1S/C19H20N4O2S/c1-13-17(26-12-20-13)19-22-21-18(25-19)15-8-5-11-23(15)16(24)10-9-14-6-3-2-4-7-14/h2-4,6-7,12,15H,5,8-11H2,1H3. The van der Waals surface area contributed by atoms with Crippen LogP contribution < -0.4 is 0 Å². The van der Waals surface area contributed by atoms with Crippen molar-refractivity contribution in [2.45, 2.75) is 38.6 Å². The fourth-order valence-corrected chi connectivity index (χ4v) is 4.05. The van der Waals surface area contributed by atoms with Crippen molar-refractivity contribution in [3.05, 3.63) is 53.0 Å². The Kier molecular flexibility index (Phi) is 4.79. The lowest BCUT2D eigenvalue weighted by atomic mass is 10.1. The van der Waals surface area contributed by atoms with Crippen LogP contribution in [0.15, 0.2) is 40.3 Å². The molecule has 2 aromatic heterocycles. The minimum Gasteiger partial charge on any atom is -0.418 e. The van der Waals surface area contributed by atoms with Crippen LogP contribution >= 0.6 is 11.3 Å². The molecule has 1 saturated heterocycles. The molecule has 0 bridgehead atoms. The minimum atomic E-state index is -0.118. The van der Waals surface area contributed by atoms with Crippen LogP contribution in [0.1, 0.15) is 42.5 Å². The number of carbonyl (C=O) groups is 1. The first kappa shape index (κ1) is 16.9. The number of likely N-dealkylation sites (tertiary alicyclic amines) is 1. The molecule has 1 atom stereocenters. The largest absolute Gasteiger partial charge is 0.418 e. The molecule has 1 unspecified atom stereocenters. The van der Waals surface area contributed by atoms with Gasteiger partial charge in [0.15, 0.2) is 0 Å². The van der Waals surface area contributed by atoms with Gasteiger partial charge in [0.05, 0.1) is 11.2 Å². The third-order valence-electron chi connectivity index (χ3n) is 4.71. The number of thiazole rings is 1. The fourth-order valence-electron chi connectivity index (χ4n) is 3.33. The lowest BCUT2D eigenvalue weighted by Crippen LogP contribution is -2.30. The zero-order chi connectivity index (χ0) is 17.9. The maximum absolute atomic E-state index is 12.7. The van der Waals surface area contributed by atoms with E-state index in [1.807, 2.05) is 30.0 Å². The number of amides is 1. The lowest BCUT2D eigenvalue weighted by Gasteiger charge is -2.22. The number of aryl methyl sites for hydroxylation is 2. The zero-order valence-electron chi connectivity index (χ0n) is 14.6. The maximum Gasteiger partial charge on any atom is 0.259 e. The molecule has 3 heterocycles. The zero-order valence-corrected chi connectivity index (χ0v) is 15.4. The van der Waals surface area contributed by atoms with Crippen LogP contribution in [-0.4, -0.2) is 32.5 Å². The first-order chi connectivity index (χ1) is 12.7. The van der Waals surface area contributed by atoms with Gasteiger partial charge in [0.2, 0.25) is 11.8 Å². The summed E-state index contributed by atoms with van der Waals surface area (Å²) in [5, 5.41) is 8.38. The fraction of sp³-hybridized carbons (Fsp3) is 0.368. The maximum atomic E-state index is 12.7. The van der Waals surface area contributed by atoms with E-state index in [1.54, 1.807) is 5.51 Å². The summed E-state index contributed by atoms with van der Waals surface area (Å²) in [5.41, 5.74) is 3.83. The van der Waals surface area contributed by atoms with E-state index in [0.717, 1.165) is 36.4 Å². The molecule has 0 saturated carbocycles. The molecule has 1 aliphatic rings. The Labute approximate surface area is 155 Å². The van der Waals surface area contributed by atoms with Crippen molar-refractivity contribution in [2.24, 2.45) is 0 Å². The van der Waals surface area contributed by atoms with Gasteiger partial charge >= 0.3 is 0 Å². The molecular weight excluding hydrogens is 348 g/mol. The number of nitrogens with zero attached hydrogens (tertiary/aromatic N) is 4. The van der Waals surface area contributed by atoms with Crippen molar-refractivity contribution in [3.8, 4) is 10.8 Å². The summed E-state index contributed by atoms with van der Waals surface area (Å²) in [6.45, 7) is 2.67. The van der Waals surface area contributed by atoms with Gasteiger partial charge in [-0.3, -0.25) is 4.79 Å². The topological polar surface area (TPSA) is 72.1 Å². The van der Waals surface area contributed by atoms with E-state index in [2.05, 4.69) is 27.3 Å². The monoisotopic (exact) mass is 368 g/mol. The highest BCUT2D eigenvalue weighted by atomic mass is 32.1. The highest BCUT2D eigenvalue weighted by Crippen LogP contribution is 2.34. The second kappa shape index (κ2) is 7.37. The Bertz CT molecular complexity index is 890. The molecule has 0 radical (unpaired) electrons. The normalized spacial score (nSPS) is 17.0. The molecule has 0 aliphatic carbocycles. The third-order valence-corrected chi connectivity index (χ3v) is 5.63. The number of rotatable bonds is 5. The molecule has 0 N–H and O–H groups in total. The van der Waals surface area contributed by atoms with Crippen molar-refractivity contribution < 1.29 is 9.21 Å². The summed E-state index contributed by atoms with van der Waals surface area (Å²) in [7, 11) is 0. The van der Waals surface area contributed by atoms with E-state index in [1.165, 1.54) is 16.9 Å². The molecule has 1 aliphatic heterocycles. The van der Waals surface area contributed by atoms with Crippen molar-refractivity contribution in [1.82, 2.24) is 20.1 Å². The number of benzene rings is 1. The van der Waals surface area contributed by atoms with Crippen LogP contribution in [0.25, 0.3) is 10.8 Å². The highest BCUT2D eigenvalue weighted by molar-refractivity contribution is 7.13. The van der Waals surface area contributed by atoms with Gasteiger partial charge in [0.25, 0.3) is 5.89 Å². The van der Waals surface area contributed by atoms with Gasteiger partial charge in [-0.25, -0.2) is 4.98 Å². The van der Waals surface area contributed by atoms with Gasteiger partial charge in [0.1, 0.15) is 10.9 Å². The van der Waals surface area contributed by atoms with Crippen molar-refractivity contribution >= 4 is 17.2 Å². The van der Waals surface area contributed by atoms with E-state index in [-0.39, 0.29) is 11.9 Å². The summed E-state index contributed by atoms with van der Waals surface area (Å²) < 4.78 is 5.89. The van der Waals surface area contributed by atoms with Gasteiger partial charge in [-0.05, 0) is 31.7 Å². The predicted octanol–water partition coefficient (Wildman–Crippen LogP) is 3.80. The summed E-state index contributed by atoms with van der Waals surface area (Å²) in [6.07, 6.45) is 3.06. The number of aromatic nitrogens is 3. The van der Waals surface area contributed by atoms with E-state index >= 15 is 0 Å². The average Bonchev–Trinajstić information content (AvgIpc) is 3.40. The van der Waals surface area contributed by atoms with Crippen LogP contribution in [0.5, 0.6) is 0 Å². The average molecular weight is 368 g/mol. The summed E-state index contributed by atoms with van der Waals surface area (Å²) in [6, 6.07) is 9.97. The Balaban J connectivity index is 1.46. The SMILES string of the molecule is Cc1ncsc1-c1nnc(C2CCCN2C(=O)CCc2ccccc2)o1. The highest BCUT2D eigenvalue weighted by Gasteiger charge is 2.33. The van der Waals surface area contributed by atoms with Crippen molar-refractivity contribution in [1.29, 1.82) is 0 Å². The molecule has 4 rings (SSSR count). The molecule has 6 nitrogen and oxygen atoms in total.